The van der Waals surface area contributed by atoms with Crippen molar-refractivity contribution in [3.05, 3.63) is 35.4 Å². The lowest BCUT2D eigenvalue weighted by atomic mass is 10.1. The number of ether oxygens (including phenoxy) is 1. The summed E-state index contributed by atoms with van der Waals surface area (Å²) in [4.78, 5) is 34.0. The normalized spacial score (nSPS) is 11.5. The van der Waals surface area contributed by atoms with E-state index in [1.807, 2.05) is 0 Å². The van der Waals surface area contributed by atoms with E-state index in [-0.39, 0.29) is 17.5 Å². The van der Waals surface area contributed by atoms with Gasteiger partial charge < -0.3 is 15.2 Å². The molecule has 0 aromatic heterocycles. The van der Waals surface area contributed by atoms with E-state index in [2.05, 4.69) is 10.1 Å². The fraction of sp³-hybridized carbons (Fsp3) is 0.308. The van der Waals surface area contributed by atoms with Gasteiger partial charge in [0.25, 0.3) is 5.91 Å². The van der Waals surface area contributed by atoms with Gasteiger partial charge in [0, 0.05) is 5.56 Å². The molecule has 1 rings (SSSR count). The van der Waals surface area contributed by atoms with E-state index in [0.717, 1.165) is 0 Å². The molecule has 1 atom stereocenters. The Morgan fingerprint density at radius 2 is 1.95 bits per heavy atom. The summed E-state index contributed by atoms with van der Waals surface area (Å²) < 4.78 is 4.55. The van der Waals surface area contributed by atoms with Crippen LogP contribution in [0.5, 0.6) is 0 Å². The Morgan fingerprint density at radius 3 is 2.47 bits per heavy atom. The van der Waals surface area contributed by atoms with Crippen molar-refractivity contribution in [1.29, 1.82) is 0 Å². The number of amides is 1. The Hall–Kier alpha value is -2.37. The van der Waals surface area contributed by atoms with Crippen molar-refractivity contribution in [3.63, 3.8) is 0 Å². The Bertz CT molecular complexity index is 498. The molecule has 0 unspecified atom stereocenters. The number of carboxylic acids is 1. The molecule has 0 aliphatic rings. The van der Waals surface area contributed by atoms with Crippen molar-refractivity contribution in [2.75, 3.05) is 7.11 Å². The Labute approximate surface area is 110 Å². The third-order valence-electron chi connectivity index (χ3n) is 2.56. The van der Waals surface area contributed by atoms with E-state index in [4.69, 9.17) is 5.11 Å². The largest absolute Gasteiger partial charge is 0.480 e. The van der Waals surface area contributed by atoms with Gasteiger partial charge in [-0.2, -0.15) is 0 Å². The lowest BCUT2D eigenvalue weighted by Gasteiger charge is -2.12. The molecule has 0 fully saturated rings. The van der Waals surface area contributed by atoms with E-state index in [1.165, 1.54) is 31.4 Å². The summed E-state index contributed by atoms with van der Waals surface area (Å²) in [6, 6.07) is 4.95. The highest BCUT2D eigenvalue weighted by Gasteiger charge is 2.19. The maximum atomic E-state index is 11.9. The van der Waals surface area contributed by atoms with Gasteiger partial charge in [-0.1, -0.05) is 13.0 Å². The number of carbonyl (C=O) groups excluding carboxylic acids is 2. The highest BCUT2D eigenvalue weighted by atomic mass is 16.5. The number of rotatable bonds is 5. The predicted molar refractivity (Wildman–Crippen MR) is 67.0 cm³/mol. The van der Waals surface area contributed by atoms with Crippen molar-refractivity contribution in [2.45, 2.75) is 19.4 Å². The average Bonchev–Trinajstić information content (AvgIpc) is 2.43. The zero-order chi connectivity index (χ0) is 14.4. The van der Waals surface area contributed by atoms with Crippen LogP contribution in [0, 0.1) is 0 Å². The molecule has 1 amide bonds. The molecule has 0 radical (unpaired) electrons. The Balaban J connectivity index is 2.88. The number of carboxylic acid groups (broad SMARTS) is 1. The molecule has 0 saturated carbocycles. The van der Waals surface area contributed by atoms with Gasteiger partial charge in [-0.3, -0.25) is 4.79 Å². The van der Waals surface area contributed by atoms with Crippen LogP contribution in [0.2, 0.25) is 0 Å². The number of benzene rings is 1. The topological polar surface area (TPSA) is 92.7 Å². The average molecular weight is 265 g/mol. The second kappa shape index (κ2) is 6.53. The van der Waals surface area contributed by atoms with Crippen LogP contribution >= 0.6 is 0 Å². The second-order valence-corrected chi connectivity index (χ2v) is 3.84. The van der Waals surface area contributed by atoms with Gasteiger partial charge in [0.05, 0.1) is 12.7 Å². The van der Waals surface area contributed by atoms with Crippen LogP contribution in [0.15, 0.2) is 24.3 Å². The van der Waals surface area contributed by atoms with Crippen molar-refractivity contribution < 1.29 is 24.2 Å². The smallest absolute Gasteiger partial charge is 0.337 e. The second-order valence-electron chi connectivity index (χ2n) is 3.84. The standard InChI is InChI=1S/C13H15NO5/c1-3-10(12(16)17)14-11(15)8-5-4-6-9(7-8)13(18)19-2/h4-7,10H,3H2,1-2H3,(H,14,15)(H,16,17)/t10-/m1/s1. The van der Waals surface area contributed by atoms with Gasteiger partial charge in [-0.15, -0.1) is 0 Å². The first kappa shape index (κ1) is 14.7. The number of nitrogens with one attached hydrogen (secondary N) is 1. The van der Waals surface area contributed by atoms with E-state index < -0.39 is 23.9 Å². The lowest BCUT2D eigenvalue weighted by molar-refractivity contribution is -0.139. The molecule has 0 bridgehead atoms. The molecule has 0 saturated heterocycles. The van der Waals surface area contributed by atoms with Crippen molar-refractivity contribution >= 4 is 17.8 Å². The number of carbonyl (C=O) groups is 3. The van der Waals surface area contributed by atoms with E-state index in [1.54, 1.807) is 6.92 Å². The first-order valence-corrected chi connectivity index (χ1v) is 5.71. The molecule has 1 aromatic rings. The van der Waals surface area contributed by atoms with Crippen LogP contribution in [0.1, 0.15) is 34.1 Å². The first-order valence-electron chi connectivity index (χ1n) is 5.71. The zero-order valence-corrected chi connectivity index (χ0v) is 10.7. The highest BCUT2D eigenvalue weighted by Crippen LogP contribution is 2.07. The van der Waals surface area contributed by atoms with Crippen LogP contribution < -0.4 is 5.32 Å². The molecule has 102 valence electrons. The molecule has 2 N–H and O–H groups in total. The van der Waals surface area contributed by atoms with Gasteiger partial charge in [-0.25, -0.2) is 9.59 Å². The van der Waals surface area contributed by atoms with Crippen LogP contribution in [0.25, 0.3) is 0 Å². The minimum Gasteiger partial charge on any atom is -0.480 e. The molecular weight excluding hydrogens is 250 g/mol. The van der Waals surface area contributed by atoms with E-state index >= 15 is 0 Å². The van der Waals surface area contributed by atoms with Crippen LogP contribution in [0.4, 0.5) is 0 Å². The van der Waals surface area contributed by atoms with Gasteiger partial charge >= 0.3 is 11.9 Å². The fourth-order valence-corrected chi connectivity index (χ4v) is 1.49. The molecule has 1 aromatic carbocycles. The van der Waals surface area contributed by atoms with Crippen LogP contribution in [-0.2, 0) is 9.53 Å². The highest BCUT2D eigenvalue weighted by molar-refractivity contribution is 5.99. The molecule has 19 heavy (non-hydrogen) atoms. The summed E-state index contributed by atoms with van der Waals surface area (Å²) >= 11 is 0. The first-order chi connectivity index (χ1) is 8.99. The molecule has 0 aliphatic carbocycles. The number of aliphatic carboxylic acids is 1. The van der Waals surface area contributed by atoms with Gasteiger partial charge in [0.15, 0.2) is 0 Å². The monoisotopic (exact) mass is 265 g/mol. The van der Waals surface area contributed by atoms with Crippen molar-refractivity contribution in [1.82, 2.24) is 5.32 Å². The van der Waals surface area contributed by atoms with Crippen molar-refractivity contribution in [3.8, 4) is 0 Å². The van der Waals surface area contributed by atoms with Crippen LogP contribution in [-0.4, -0.2) is 36.1 Å². The maximum absolute atomic E-state index is 11.9. The molecule has 6 nitrogen and oxygen atoms in total. The summed E-state index contributed by atoms with van der Waals surface area (Å²) in [6.45, 7) is 1.66. The Morgan fingerprint density at radius 1 is 1.32 bits per heavy atom. The SMILES string of the molecule is CC[C@@H](NC(=O)c1cccc(C(=O)OC)c1)C(=O)O. The fourth-order valence-electron chi connectivity index (χ4n) is 1.49. The third-order valence-corrected chi connectivity index (χ3v) is 2.56. The van der Waals surface area contributed by atoms with Crippen molar-refractivity contribution in [2.24, 2.45) is 0 Å². The number of methoxy groups -OCH3 is 1. The number of esters is 1. The Kier molecular flexibility index (Phi) is 5.05. The van der Waals surface area contributed by atoms with Gasteiger partial charge in [0.1, 0.15) is 6.04 Å². The summed E-state index contributed by atoms with van der Waals surface area (Å²) in [5, 5.41) is 11.2. The summed E-state index contributed by atoms with van der Waals surface area (Å²) in [5.74, 6) is -2.19. The maximum Gasteiger partial charge on any atom is 0.337 e. The summed E-state index contributed by atoms with van der Waals surface area (Å²) in [6.07, 6.45) is 0.276. The minimum absolute atomic E-state index is 0.211. The van der Waals surface area contributed by atoms with Gasteiger partial charge in [-0.05, 0) is 24.6 Å². The van der Waals surface area contributed by atoms with E-state index in [9.17, 15) is 14.4 Å². The van der Waals surface area contributed by atoms with Crippen LogP contribution in [0.3, 0.4) is 0 Å². The molecule has 0 heterocycles. The minimum atomic E-state index is -1.10. The quantitative estimate of drug-likeness (QED) is 0.777. The third kappa shape index (κ3) is 3.80. The van der Waals surface area contributed by atoms with E-state index in [0.29, 0.717) is 0 Å². The summed E-state index contributed by atoms with van der Waals surface area (Å²) in [5.41, 5.74) is 0.445. The lowest BCUT2D eigenvalue weighted by Crippen LogP contribution is -2.40. The van der Waals surface area contributed by atoms with Gasteiger partial charge in [0.2, 0.25) is 0 Å². The molecule has 0 spiro atoms. The molecule has 0 aliphatic heterocycles. The zero-order valence-electron chi connectivity index (χ0n) is 10.7. The summed E-state index contributed by atoms with van der Waals surface area (Å²) in [7, 11) is 1.24. The predicted octanol–water partition coefficient (Wildman–Crippen LogP) is 1.07. The molecule has 6 heteroatoms. The molecular formula is C13H15NO5. The number of hydrogen-bond donors (Lipinski definition) is 2. The number of hydrogen-bond acceptors (Lipinski definition) is 4.